The number of aromatic nitrogens is 3. The minimum absolute atomic E-state index is 0.195. The molecule has 2 aromatic carbocycles. The van der Waals surface area contributed by atoms with Crippen LogP contribution in [0.5, 0.6) is 5.75 Å². The van der Waals surface area contributed by atoms with E-state index in [0.717, 1.165) is 21.3 Å². The van der Waals surface area contributed by atoms with E-state index in [1.807, 2.05) is 19.1 Å². The molecular formula is C23H19F3N4O2S. The Morgan fingerprint density at radius 1 is 1.09 bits per heavy atom. The molecule has 0 fully saturated rings. The van der Waals surface area contributed by atoms with Gasteiger partial charge in [0.2, 0.25) is 0 Å². The summed E-state index contributed by atoms with van der Waals surface area (Å²) in [6.45, 7) is 3.50. The minimum Gasteiger partial charge on any atom is -0.497 e. The number of carbonyl (C=O) groups excluding carboxylic acids is 1. The van der Waals surface area contributed by atoms with Crippen LogP contribution in [0.25, 0.3) is 16.9 Å². The summed E-state index contributed by atoms with van der Waals surface area (Å²) >= 11 is 1.18. The number of rotatable bonds is 5. The first-order valence-electron chi connectivity index (χ1n) is 9.83. The summed E-state index contributed by atoms with van der Waals surface area (Å²) in [6, 6.07) is 13.7. The molecule has 33 heavy (non-hydrogen) atoms. The molecule has 1 amide bonds. The fourth-order valence-electron chi connectivity index (χ4n) is 3.40. The maximum Gasteiger partial charge on any atom is 0.434 e. The van der Waals surface area contributed by atoms with Gasteiger partial charge in [0.25, 0.3) is 5.91 Å². The van der Waals surface area contributed by atoms with Crippen LogP contribution >= 0.6 is 11.3 Å². The summed E-state index contributed by atoms with van der Waals surface area (Å²) in [7, 11) is 1.56. The number of benzene rings is 2. The Morgan fingerprint density at radius 3 is 2.42 bits per heavy atom. The Labute approximate surface area is 191 Å². The quantitative estimate of drug-likeness (QED) is 0.393. The van der Waals surface area contributed by atoms with Gasteiger partial charge < -0.3 is 4.74 Å². The highest BCUT2D eigenvalue weighted by Gasteiger charge is 2.41. The molecule has 0 bridgehead atoms. The van der Waals surface area contributed by atoms with Crippen molar-refractivity contribution in [3.63, 3.8) is 0 Å². The number of amides is 1. The third-order valence-corrected chi connectivity index (χ3v) is 5.89. The number of methoxy groups -OCH3 is 1. The number of ether oxygens (including phenoxy) is 1. The highest BCUT2D eigenvalue weighted by atomic mass is 32.1. The fraction of sp³-hybridized carbons (Fsp3) is 0.174. The molecule has 0 atom stereocenters. The van der Waals surface area contributed by atoms with Gasteiger partial charge in [-0.15, -0.1) is 11.3 Å². The van der Waals surface area contributed by atoms with Gasteiger partial charge in [-0.3, -0.25) is 10.1 Å². The van der Waals surface area contributed by atoms with Crippen LogP contribution in [0.2, 0.25) is 0 Å². The molecule has 4 aromatic rings. The topological polar surface area (TPSA) is 69.0 Å². The molecule has 0 saturated carbocycles. The van der Waals surface area contributed by atoms with Crippen molar-refractivity contribution in [2.75, 3.05) is 12.4 Å². The molecule has 0 aliphatic carbocycles. The van der Waals surface area contributed by atoms with Gasteiger partial charge in [-0.2, -0.15) is 18.3 Å². The summed E-state index contributed by atoms with van der Waals surface area (Å²) in [5, 5.41) is 6.56. The molecule has 0 saturated heterocycles. The largest absolute Gasteiger partial charge is 0.497 e. The van der Waals surface area contributed by atoms with Crippen LogP contribution in [0, 0.1) is 13.8 Å². The third-order valence-electron chi connectivity index (χ3n) is 5.01. The van der Waals surface area contributed by atoms with Crippen molar-refractivity contribution in [2.24, 2.45) is 0 Å². The van der Waals surface area contributed by atoms with Gasteiger partial charge in [-0.05, 0) is 49.7 Å². The lowest BCUT2D eigenvalue weighted by Crippen LogP contribution is -2.21. The molecule has 10 heteroatoms. The second-order valence-corrected chi connectivity index (χ2v) is 8.41. The lowest BCUT2D eigenvalue weighted by Gasteiger charge is -2.14. The standard InChI is InChI=1S/C23H19F3N4O2S/c1-13-6-4-5-7-18(13)30-20(23(24,25)26)17(12-27-30)21(31)29-22-28-19(14(2)33-22)15-8-10-16(32-3)11-9-15/h4-12H,1-3H3,(H,28,29,31). The van der Waals surface area contributed by atoms with Crippen molar-refractivity contribution in [1.29, 1.82) is 0 Å². The van der Waals surface area contributed by atoms with Gasteiger partial charge in [0.15, 0.2) is 10.8 Å². The highest BCUT2D eigenvalue weighted by molar-refractivity contribution is 7.16. The summed E-state index contributed by atoms with van der Waals surface area (Å²) in [6.07, 6.45) is -3.87. The van der Waals surface area contributed by atoms with E-state index in [0.29, 0.717) is 17.0 Å². The van der Waals surface area contributed by atoms with Crippen LogP contribution in [0.15, 0.2) is 54.7 Å². The van der Waals surface area contributed by atoms with Gasteiger partial charge in [-0.1, -0.05) is 18.2 Å². The Kier molecular flexibility index (Phi) is 5.94. The number of anilines is 1. The number of hydrogen-bond donors (Lipinski definition) is 1. The first kappa shape index (κ1) is 22.5. The molecule has 2 heterocycles. The van der Waals surface area contributed by atoms with Crippen molar-refractivity contribution in [2.45, 2.75) is 20.0 Å². The first-order chi connectivity index (χ1) is 15.7. The van der Waals surface area contributed by atoms with Gasteiger partial charge in [0.1, 0.15) is 5.75 Å². The van der Waals surface area contributed by atoms with Crippen molar-refractivity contribution in [1.82, 2.24) is 14.8 Å². The van der Waals surface area contributed by atoms with Crippen LogP contribution in [-0.2, 0) is 6.18 Å². The van der Waals surface area contributed by atoms with Crippen LogP contribution in [0.4, 0.5) is 18.3 Å². The van der Waals surface area contributed by atoms with Gasteiger partial charge in [0.05, 0.1) is 30.3 Å². The maximum atomic E-state index is 13.9. The Hall–Kier alpha value is -3.66. The SMILES string of the molecule is COc1ccc(-c2nc(NC(=O)c3cnn(-c4ccccc4C)c3C(F)(F)F)sc2C)cc1. The number of para-hydroxylation sites is 1. The molecule has 0 aliphatic rings. The van der Waals surface area contributed by atoms with Crippen LogP contribution < -0.4 is 10.1 Å². The van der Waals surface area contributed by atoms with Crippen LogP contribution in [0.1, 0.15) is 26.5 Å². The zero-order valence-electron chi connectivity index (χ0n) is 17.9. The molecule has 2 aromatic heterocycles. The molecular weight excluding hydrogens is 453 g/mol. The molecule has 170 valence electrons. The zero-order valence-corrected chi connectivity index (χ0v) is 18.7. The van der Waals surface area contributed by atoms with Gasteiger partial charge in [0, 0.05) is 10.4 Å². The van der Waals surface area contributed by atoms with Gasteiger partial charge >= 0.3 is 6.18 Å². The average molecular weight is 472 g/mol. The number of halogens is 3. The second-order valence-electron chi connectivity index (χ2n) is 7.21. The number of nitrogens with one attached hydrogen (secondary N) is 1. The van der Waals surface area contributed by atoms with E-state index < -0.39 is 23.3 Å². The van der Waals surface area contributed by atoms with Crippen molar-refractivity contribution >= 4 is 22.4 Å². The van der Waals surface area contributed by atoms with E-state index in [2.05, 4.69) is 15.4 Å². The zero-order chi connectivity index (χ0) is 23.8. The Morgan fingerprint density at radius 2 is 1.79 bits per heavy atom. The molecule has 6 nitrogen and oxygen atoms in total. The molecule has 4 rings (SSSR count). The highest BCUT2D eigenvalue weighted by Crippen LogP contribution is 2.36. The number of alkyl halides is 3. The monoisotopic (exact) mass is 472 g/mol. The van der Waals surface area contributed by atoms with E-state index in [-0.39, 0.29) is 10.8 Å². The smallest absolute Gasteiger partial charge is 0.434 e. The minimum atomic E-state index is -4.79. The van der Waals surface area contributed by atoms with E-state index in [9.17, 15) is 18.0 Å². The number of hydrogen-bond acceptors (Lipinski definition) is 5. The number of aryl methyl sites for hydroxylation is 2. The van der Waals surface area contributed by atoms with Crippen LogP contribution in [0.3, 0.4) is 0 Å². The number of carbonyl (C=O) groups is 1. The van der Waals surface area contributed by atoms with Crippen molar-refractivity contribution in [3.05, 3.63) is 76.4 Å². The van der Waals surface area contributed by atoms with Crippen molar-refractivity contribution < 1.29 is 22.7 Å². The van der Waals surface area contributed by atoms with Gasteiger partial charge in [-0.25, -0.2) is 9.67 Å². The normalized spacial score (nSPS) is 11.5. The van der Waals surface area contributed by atoms with E-state index in [1.165, 1.54) is 17.4 Å². The Bertz CT molecular complexity index is 1310. The van der Waals surface area contributed by atoms with Crippen molar-refractivity contribution in [3.8, 4) is 22.7 Å². The maximum absolute atomic E-state index is 13.9. The van der Waals surface area contributed by atoms with E-state index >= 15 is 0 Å². The molecule has 1 N–H and O–H groups in total. The predicted octanol–water partition coefficient (Wildman–Crippen LogP) is 5.89. The van der Waals surface area contributed by atoms with Crippen LogP contribution in [-0.4, -0.2) is 27.8 Å². The number of thiazole rings is 1. The third kappa shape index (κ3) is 4.47. The average Bonchev–Trinajstić information content (AvgIpc) is 3.38. The first-order valence-corrected chi connectivity index (χ1v) is 10.6. The van der Waals surface area contributed by atoms with E-state index in [4.69, 9.17) is 4.74 Å². The summed E-state index contributed by atoms with van der Waals surface area (Å²) < 4.78 is 47.7. The molecule has 0 radical (unpaired) electrons. The summed E-state index contributed by atoms with van der Waals surface area (Å²) in [5.74, 6) is -0.248. The Balaban J connectivity index is 1.66. The summed E-state index contributed by atoms with van der Waals surface area (Å²) in [5.41, 5.74) is 0.550. The second kappa shape index (κ2) is 8.70. The van der Waals surface area contributed by atoms with E-state index in [1.54, 1.807) is 44.4 Å². The number of nitrogens with zero attached hydrogens (tertiary/aromatic N) is 3. The lowest BCUT2D eigenvalue weighted by atomic mass is 10.1. The predicted molar refractivity (Wildman–Crippen MR) is 120 cm³/mol. The fourth-order valence-corrected chi connectivity index (χ4v) is 4.23. The summed E-state index contributed by atoms with van der Waals surface area (Å²) in [4.78, 5) is 18.1. The molecule has 0 unspecified atom stereocenters. The molecule has 0 aliphatic heterocycles. The lowest BCUT2D eigenvalue weighted by molar-refractivity contribution is -0.143. The molecule has 0 spiro atoms.